The number of nitrogens with zero attached hydrogens (tertiary/aromatic N) is 1. The van der Waals surface area contributed by atoms with Crippen LogP contribution >= 0.6 is 15.9 Å². The number of likely N-dealkylation sites (tertiary alicyclic amines) is 1. The van der Waals surface area contributed by atoms with Gasteiger partial charge in [-0.1, -0.05) is 35.2 Å². The number of hydrogen-bond donors (Lipinski definition) is 1. The van der Waals surface area contributed by atoms with Gasteiger partial charge in [-0.05, 0) is 31.0 Å². The Hall–Kier alpha value is -1.03. The fourth-order valence-corrected chi connectivity index (χ4v) is 2.88. The summed E-state index contributed by atoms with van der Waals surface area (Å²) in [6.45, 7) is 1.73. The molecule has 18 heavy (non-hydrogen) atoms. The molecule has 98 valence electrons. The molecule has 0 spiro atoms. The van der Waals surface area contributed by atoms with Crippen molar-refractivity contribution in [1.29, 1.82) is 0 Å². The van der Waals surface area contributed by atoms with Crippen molar-refractivity contribution >= 4 is 27.5 Å². The zero-order valence-corrected chi connectivity index (χ0v) is 12.1. The quantitative estimate of drug-likeness (QED) is 0.808. The topological polar surface area (TPSA) is 46.3 Å². The summed E-state index contributed by atoms with van der Waals surface area (Å²) in [5, 5.41) is 0. The van der Waals surface area contributed by atoms with Crippen molar-refractivity contribution in [3.05, 3.63) is 28.2 Å². The number of hydrogen-bond acceptors (Lipinski definition) is 2. The molecule has 1 fully saturated rings. The zero-order chi connectivity index (χ0) is 13.0. The van der Waals surface area contributed by atoms with Gasteiger partial charge in [0.1, 0.15) is 0 Å². The molecule has 1 saturated heterocycles. The van der Waals surface area contributed by atoms with Crippen LogP contribution in [0.1, 0.15) is 42.5 Å². The molecule has 1 heterocycles. The van der Waals surface area contributed by atoms with Crippen LogP contribution in [-0.4, -0.2) is 23.9 Å². The standard InChI is InChI=1S/C14H19BrN2O/c15-12-8-11(9-13(16)10-12)14(18)17-6-4-2-1-3-5-7-17/h8-10H,1-7,16H2. The first-order chi connectivity index (χ1) is 8.66. The fourth-order valence-electron chi connectivity index (χ4n) is 2.37. The molecule has 1 amide bonds. The van der Waals surface area contributed by atoms with Gasteiger partial charge in [-0.2, -0.15) is 0 Å². The Kier molecular flexibility index (Phi) is 4.64. The van der Waals surface area contributed by atoms with E-state index in [9.17, 15) is 4.79 Å². The molecule has 0 atom stereocenters. The van der Waals surface area contributed by atoms with Gasteiger partial charge >= 0.3 is 0 Å². The third kappa shape index (κ3) is 3.48. The maximum Gasteiger partial charge on any atom is 0.253 e. The molecule has 3 nitrogen and oxygen atoms in total. The van der Waals surface area contributed by atoms with Gasteiger partial charge in [-0.25, -0.2) is 0 Å². The molecule has 1 aliphatic heterocycles. The van der Waals surface area contributed by atoms with E-state index in [0.717, 1.165) is 30.4 Å². The number of rotatable bonds is 1. The summed E-state index contributed by atoms with van der Waals surface area (Å²) >= 11 is 3.38. The summed E-state index contributed by atoms with van der Waals surface area (Å²) in [5.74, 6) is 0.102. The average Bonchev–Trinajstić information content (AvgIpc) is 2.26. The Bertz CT molecular complexity index is 406. The Morgan fingerprint density at radius 1 is 1.06 bits per heavy atom. The Balaban J connectivity index is 2.13. The van der Waals surface area contributed by atoms with E-state index in [2.05, 4.69) is 15.9 Å². The highest BCUT2D eigenvalue weighted by molar-refractivity contribution is 9.10. The predicted molar refractivity (Wildman–Crippen MR) is 77.5 cm³/mol. The van der Waals surface area contributed by atoms with Crippen LogP contribution < -0.4 is 5.73 Å². The highest BCUT2D eigenvalue weighted by Crippen LogP contribution is 2.20. The molecule has 1 aromatic carbocycles. The lowest BCUT2D eigenvalue weighted by atomic mass is 10.1. The van der Waals surface area contributed by atoms with Gasteiger partial charge in [-0.15, -0.1) is 0 Å². The number of nitrogens with two attached hydrogens (primary N) is 1. The summed E-state index contributed by atoms with van der Waals surface area (Å²) in [5.41, 5.74) is 7.09. The van der Waals surface area contributed by atoms with Gasteiger partial charge in [0.05, 0.1) is 0 Å². The molecule has 0 radical (unpaired) electrons. The number of anilines is 1. The fraction of sp³-hybridized carbons (Fsp3) is 0.500. The van der Waals surface area contributed by atoms with Crippen LogP contribution in [0.3, 0.4) is 0 Å². The molecule has 0 aliphatic carbocycles. The van der Waals surface area contributed by atoms with Crippen LogP contribution in [0, 0.1) is 0 Å². The predicted octanol–water partition coefficient (Wildman–Crippen LogP) is 3.44. The molecule has 0 saturated carbocycles. The van der Waals surface area contributed by atoms with E-state index < -0.39 is 0 Å². The summed E-state index contributed by atoms with van der Waals surface area (Å²) in [7, 11) is 0. The Labute approximate surface area is 116 Å². The molecule has 0 aromatic heterocycles. The van der Waals surface area contributed by atoms with Gasteiger partial charge < -0.3 is 10.6 Å². The summed E-state index contributed by atoms with van der Waals surface area (Å²) in [6, 6.07) is 5.41. The Morgan fingerprint density at radius 2 is 1.67 bits per heavy atom. The molecule has 1 aromatic rings. The lowest BCUT2D eigenvalue weighted by Crippen LogP contribution is -2.33. The minimum Gasteiger partial charge on any atom is -0.399 e. The van der Waals surface area contributed by atoms with Crippen molar-refractivity contribution in [2.75, 3.05) is 18.8 Å². The highest BCUT2D eigenvalue weighted by atomic mass is 79.9. The normalized spacial score (nSPS) is 17.1. The van der Waals surface area contributed by atoms with Crippen molar-refractivity contribution in [2.45, 2.75) is 32.1 Å². The number of carbonyl (C=O) groups excluding carboxylic acids is 1. The van der Waals surface area contributed by atoms with E-state index in [-0.39, 0.29) is 5.91 Å². The second kappa shape index (κ2) is 6.23. The van der Waals surface area contributed by atoms with E-state index in [1.165, 1.54) is 19.3 Å². The van der Waals surface area contributed by atoms with Gasteiger partial charge in [0, 0.05) is 28.8 Å². The second-order valence-corrected chi connectivity index (χ2v) is 5.75. The molecule has 0 bridgehead atoms. The van der Waals surface area contributed by atoms with Gasteiger partial charge in [-0.3, -0.25) is 4.79 Å². The number of halogens is 1. The van der Waals surface area contributed by atoms with E-state index in [1.54, 1.807) is 6.07 Å². The van der Waals surface area contributed by atoms with Gasteiger partial charge in [0.25, 0.3) is 5.91 Å². The van der Waals surface area contributed by atoms with Crippen molar-refractivity contribution in [1.82, 2.24) is 4.90 Å². The van der Waals surface area contributed by atoms with Crippen LogP contribution in [0.4, 0.5) is 5.69 Å². The van der Waals surface area contributed by atoms with Crippen LogP contribution in [-0.2, 0) is 0 Å². The highest BCUT2D eigenvalue weighted by Gasteiger charge is 2.17. The van der Waals surface area contributed by atoms with Crippen LogP contribution in [0.2, 0.25) is 0 Å². The molecule has 0 unspecified atom stereocenters. The van der Waals surface area contributed by atoms with E-state index in [1.807, 2.05) is 17.0 Å². The number of benzene rings is 1. The first-order valence-electron chi connectivity index (χ1n) is 6.52. The van der Waals surface area contributed by atoms with Crippen molar-refractivity contribution < 1.29 is 4.79 Å². The average molecular weight is 311 g/mol. The van der Waals surface area contributed by atoms with E-state index >= 15 is 0 Å². The molecule has 2 N–H and O–H groups in total. The monoisotopic (exact) mass is 310 g/mol. The number of amides is 1. The number of nitrogen functional groups attached to an aromatic ring is 1. The third-order valence-corrected chi connectivity index (χ3v) is 3.77. The molecule has 1 aliphatic rings. The summed E-state index contributed by atoms with van der Waals surface area (Å²) in [4.78, 5) is 14.4. The third-order valence-electron chi connectivity index (χ3n) is 3.31. The largest absolute Gasteiger partial charge is 0.399 e. The maximum atomic E-state index is 12.4. The van der Waals surface area contributed by atoms with Crippen LogP contribution in [0.15, 0.2) is 22.7 Å². The molecular formula is C14H19BrN2O. The zero-order valence-electron chi connectivity index (χ0n) is 10.5. The minimum absolute atomic E-state index is 0.102. The molecule has 2 rings (SSSR count). The summed E-state index contributed by atoms with van der Waals surface area (Å²) in [6.07, 6.45) is 5.96. The van der Waals surface area contributed by atoms with Crippen molar-refractivity contribution in [2.24, 2.45) is 0 Å². The maximum absolute atomic E-state index is 12.4. The number of carbonyl (C=O) groups is 1. The first-order valence-corrected chi connectivity index (χ1v) is 7.31. The van der Waals surface area contributed by atoms with Crippen LogP contribution in [0.5, 0.6) is 0 Å². The van der Waals surface area contributed by atoms with Crippen molar-refractivity contribution in [3.63, 3.8) is 0 Å². The Morgan fingerprint density at radius 3 is 2.28 bits per heavy atom. The SMILES string of the molecule is Nc1cc(Br)cc(C(=O)N2CCCCCCC2)c1. The lowest BCUT2D eigenvalue weighted by Gasteiger charge is -2.25. The van der Waals surface area contributed by atoms with E-state index in [4.69, 9.17) is 5.73 Å². The smallest absolute Gasteiger partial charge is 0.253 e. The first kappa shape index (κ1) is 13.4. The van der Waals surface area contributed by atoms with Gasteiger partial charge in [0.2, 0.25) is 0 Å². The van der Waals surface area contributed by atoms with Gasteiger partial charge in [0.15, 0.2) is 0 Å². The summed E-state index contributed by atoms with van der Waals surface area (Å²) < 4.78 is 0.859. The minimum atomic E-state index is 0.102. The second-order valence-electron chi connectivity index (χ2n) is 4.83. The molecule has 4 heteroatoms. The van der Waals surface area contributed by atoms with Crippen molar-refractivity contribution in [3.8, 4) is 0 Å². The van der Waals surface area contributed by atoms with E-state index in [0.29, 0.717) is 11.3 Å². The lowest BCUT2D eigenvalue weighted by molar-refractivity contribution is 0.0742. The molecular weight excluding hydrogens is 292 g/mol. The van der Waals surface area contributed by atoms with Crippen LogP contribution in [0.25, 0.3) is 0 Å².